The molecular formula is C23H28FN3O2. The molecule has 0 saturated carbocycles. The Morgan fingerprint density at radius 2 is 1.90 bits per heavy atom. The maximum atomic E-state index is 13.2. The summed E-state index contributed by atoms with van der Waals surface area (Å²) in [5.74, 6) is -0.296. The molecule has 0 saturated heterocycles. The van der Waals surface area contributed by atoms with E-state index in [4.69, 9.17) is 4.84 Å². The highest BCUT2D eigenvalue weighted by molar-refractivity contribution is 6.02. The van der Waals surface area contributed by atoms with E-state index in [0.29, 0.717) is 19.5 Å². The van der Waals surface area contributed by atoms with Crippen LogP contribution in [0.25, 0.3) is 0 Å². The third-order valence-electron chi connectivity index (χ3n) is 4.67. The Hall–Kier alpha value is -2.89. The van der Waals surface area contributed by atoms with E-state index < -0.39 is 0 Å². The quantitative estimate of drug-likeness (QED) is 0.799. The summed E-state index contributed by atoms with van der Waals surface area (Å²) < 4.78 is 13.2. The SMILES string of the molecule is Cc1ccccc1C1=NOC(CN(Cc2ccc(F)cc2)C(=O)NC(C)(C)C)C1. The van der Waals surface area contributed by atoms with Crippen molar-refractivity contribution >= 4 is 11.7 Å². The molecule has 0 aliphatic carbocycles. The van der Waals surface area contributed by atoms with E-state index in [0.717, 1.165) is 22.4 Å². The summed E-state index contributed by atoms with van der Waals surface area (Å²) in [6.07, 6.45) is 0.406. The smallest absolute Gasteiger partial charge is 0.318 e. The second-order valence-electron chi connectivity index (χ2n) is 8.47. The summed E-state index contributed by atoms with van der Waals surface area (Å²) in [5, 5.41) is 7.26. The zero-order valence-corrected chi connectivity index (χ0v) is 17.4. The number of hydrogen-bond donors (Lipinski definition) is 1. The van der Waals surface area contributed by atoms with Crippen LogP contribution < -0.4 is 5.32 Å². The van der Waals surface area contributed by atoms with Crippen LogP contribution in [0.1, 0.15) is 43.9 Å². The van der Waals surface area contributed by atoms with Crippen molar-refractivity contribution in [3.05, 3.63) is 71.0 Å². The number of rotatable bonds is 5. The van der Waals surface area contributed by atoms with Crippen molar-refractivity contribution in [2.75, 3.05) is 6.54 Å². The molecule has 0 radical (unpaired) electrons. The number of urea groups is 1. The Balaban J connectivity index is 1.70. The standard InChI is InChI=1S/C23H28FN3O2/c1-16-7-5-6-8-20(16)21-13-19(29-26-21)15-27(22(28)25-23(2,3)4)14-17-9-11-18(24)12-10-17/h5-12,19H,13-15H2,1-4H3,(H,25,28). The van der Waals surface area contributed by atoms with Gasteiger partial charge in [0.25, 0.3) is 0 Å². The summed E-state index contributed by atoms with van der Waals surface area (Å²) in [6.45, 7) is 8.61. The van der Waals surface area contributed by atoms with E-state index in [1.807, 2.05) is 52.0 Å². The Morgan fingerprint density at radius 3 is 2.55 bits per heavy atom. The zero-order valence-electron chi connectivity index (χ0n) is 17.4. The third kappa shape index (κ3) is 5.79. The van der Waals surface area contributed by atoms with Gasteiger partial charge in [0, 0.05) is 24.1 Å². The maximum Gasteiger partial charge on any atom is 0.318 e. The molecule has 1 atom stereocenters. The van der Waals surface area contributed by atoms with Gasteiger partial charge in [0.05, 0.1) is 12.3 Å². The Kier molecular flexibility index (Phi) is 6.20. The molecule has 6 heteroatoms. The van der Waals surface area contributed by atoms with Crippen molar-refractivity contribution in [1.82, 2.24) is 10.2 Å². The van der Waals surface area contributed by atoms with Crippen LogP contribution in [0.5, 0.6) is 0 Å². The fourth-order valence-corrected chi connectivity index (χ4v) is 3.26. The average Bonchev–Trinajstić information content (AvgIpc) is 3.10. The van der Waals surface area contributed by atoms with Crippen molar-refractivity contribution in [3.8, 4) is 0 Å². The molecule has 0 bridgehead atoms. The van der Waals surface area contributed by atoms with Crippen molar-refractivity contribution in [1.29, 1.82) is 0 Å². The number of oxime groups is 1. The number of nitrogens with one attached hydrogen (secondary N) is 1. The topological polar surface area (TPSA) is 53.9 Å². The molecule has 2 amide bonds. The van der Waals surface area contributed by atoms with Crippen LogP contribution in [-0.4, -0.2) is 34.8 Å². The summed E-state index contributed by atoms with van der Waals surface area (Å²) in [4.78, 5) is 20.2. The second kappa shape index (κ2) is 8.64. The van der Waals surface area contributed by atoms with Crippen molar-refractivity contribution < 1.29 is 14.0 Å². The van der Waals surface area contributed by atoms with Gasteiger partial charge in [-0.3, -0.25) is 0 Å². The van der Waals surface area contributed by atoms with Crippen LogP contribution in [-0.2, 0) is 11.4 Å². The lowest BCUT2D eigenvalue weighted by Crippen LogP contribution is -2.50. The lowest BCUT2D eigenvalue weighted by Gasteiger charge is -2.29. The molecule has 1 unspecified atom stereocenters. The molecule has 0 fully saturated rings. The van der Waals surface area contributed by atoms with E-state index in [1.54, 1.807) is 17.0 Å². The minimum absolute atomic E-state index is 0.185. The average molecular weight is 397 g/mol. The van der Waals surface area contributed by atoms with Gasteiger partial charge in [0.2, 0.25) is 0 Å². The highest BCUT2D eigenvalue weighted by atomic mass is 19.1. The molecule has 29 heavy (non-hydrogen) atoms. The largest absolute Gasteiger partial charge is 0.390 e. The minimum Gasteiger partial charge on any atom is -0.390 e. The van der Waals surface area contributed by atoms with Crippen LogP contribution >= 0.6 is 0 Å². The first-order chi connectivity index (χ1) is 13.7. The monoisotopic (exact) mass is 397 g/mol. The number of aryl methyl sites for hydroxylation is 1. The Labute approximate surface area is 171 Å². The van der Waals surface area contributed by atoms with Gasteiger partial charge in [-0.05, 0) is 51.0 Å². The number of carbonyl (C=O) groups excluding carboxylic acids is 1. The Morgan fingerprint density at radius 1 is 1.21 bits per heavy atom. The highest BCUT2D eigenvalue weighted by Gasteiger charge is 2.28. The van der Waals surface area contributed by atoms with Crippen molar-refractivity contribution in [2.24, 2.45) is 5.16 Å². The fourth-order valence-electron chi connectivity index (χ4n) is 3.26. The van der Waals surface area contributed by atoms with Gasteiger partial charge < -0.3 is 15.1 Å². The first-order valence-electron chi connectivity index (χ1n) is 9.81. The molecule has 0 spiro atoms. The number of amides is 2. The van der Waals surface area contributed by atoms with Gasteiger partial charge in [-0.15, -0.1) is 0 Å². The molecule has 2 aromatic carbocycles. The number of carbonyl (C=O) groups is 1. The van der Waals surface area contributed by atoms with E-state index >= 15 is 0 Å². The lowest BCUT2D eigenvalue weighted by atomic mass is 10.0. The molecule has 0 aromatic heterocycles. The summed E-state index contributed by atoms with van der Waals surface area (Å²) in [6, 6.07) is 14.1. The molecule has 154 valence electrons. The second-order valence-corrected chi connectivity index (χ2v) is 8.47. The molecule has 1 N–H and O–H groups in total. The van der Waals surface area contributed by atoms with Gasteiger partial charge in [-0.25, -0.2) is 9.18 Å². The van der Waals surface area contributed by atoms with Crippen molar-refractivity contribution in [2.45, 2.75) is 52.3 Å². The maximum absolute atomic E-state index is 13.2. The predicted octanol–water partition coefficient (Wildman–Crippen LogP) is 4.64. The van der Waals surface area contributed by atoms with E-state index in [1.165, 1.54) is 12.1 Å². The van der Waals surface area contributed by atoms with E-state index in [-0.39, 0.29) is 23.5 Å². The van der Waals surface area contributed by atoms with Gasteiger partial charge in [0.1, 0.15) is 5.82 Å². The molecular weight excluding hydrogens is 369 g/mol. The van der Waals surface area contributed by atoms with Crippen LogP contribution in [0.3, 0.4) is 0 Å². The van der Waals surface area contributed by atoms with Gasteiger partial charge in [-0.1, -0.05) is 41.6 Å². The predicted molar refractivity (Wildman–Crippen MR) is 112 cm³/mol. The first kappa shape index (κ1) is 20.8. The summed E-state index contributed by atoms with van der Waals surface area (Å²) >= 11 is 0. The summed E-state index contributed by atoms with van der Waals surface area (Å²) in [7, 11) is 0. The van der Waals surface area contributed by atoms with Gasteiger partial charge >= 0.3 is 6.03 Å². The van der Waals surface area contributed by atoms with Crippen LogP contribution in [0.15, 0.2) is 53.7 Å². The zero-order chi connectivity index (χ0) is 21.0. The molecule has 3 rings (SSSR count). The number of hydrogen-bond acceptors (Lipinski definition) is 3. The van der Waals surface area contributed by atoms with Crippen molar-refractivity contribution in [3.63, 3.8) is 0 Å². The van der Waals surface area contributed by atoms with E-state index in [9.17, 15) is 9.18 Å². The Bertz CT molecular complexity index is 888. The van der Waals surface area contributed by atoms with E-state index in [2.05, 4.69) is 10.5 Å². The molecule has 2 aromatic rings. The molecule has 1 aliphatic rings. The third-order valence-corrected chi connectivity index (χ3v) is 4.67. The first-order valence-corrected chi connectivity index (χ1v) is 9.81. The fraction of sp³-hybridized carbons (Fsp3) is 0.391. The normalized spacial score (nSPS) is 16.2. The summed E-state index contributed by atoms with van der Waals surface area (Å²) in [5.41, 5.74) is 3.60. The molecule has 1 heterocycles. The molecule has 1 aliphatic heterocycles. The van der Waals surface area contributed by atoms with Gasteiger partial charge in [-0.2, -0.15) is 0 Å². The number of halogens is 1. The highest BCUT2D eigenvalue weighted by Crippen LogP contribution is 2.21. The number of nitrogens with zero attached hydrogens (tertiary/aromatic N) is 2. The lowest BCUT2D eigenvalue weighted by molar-refractivity contribution is 0.0580. The number of benzene rings is 2. The minimum atomic E-state index is -0.364. The van der Waals surface area contributed by atoms with Gasteiger partial charge in [0.15, 0.2) is 6.10 Å². The van der Waals surface area contributed by atoms with Crippen LogP contribution in [0.4, 0.5) is 9.18 Å². The van der Waals surface area contributed by atoms with Crippen LogP contribution in [0.2, 0.25) is 0 Å². The molecule has 5 nitrogen and oxygen atoms in total. The van der Waals surface area contributed by atoms with Crippen LogP contribution in [0, 0.1) is 12.7 Å².